The molecule has 1 aromatic heterocycles. The van der Waals surface area contributed by atoms with Gasteiger partial charge in [0, 0.05) is 74.6 Å². The van der Waals surface area contributed by atoms with Crippen LogP contribution in [0.4, 0.5) is 11.4 Å². The molecule has 262 valence electrons. The minimum absolute atomic E-state index is 0.00259. The van der Waals surface area contributed by atoms with Crippen LogP contribution >= 0.6 is 0 Å². The van der Waals surface area contributed by atoms with Crippen molar-refractivity contribution >= 4 is 29.1 Å². The van der Waals surface area contributed by atoms with Crippen LogP contribution < -0.4 is 30.6 Å². The molecule has 0 radical (unpaired) electrons. The number of nitrogens with one attached hydrogen (secondary N) is 2. The highest BCUT2D eigenvalue weighted by Gasteiger charge is 2.46. The molecule has 50 heavy (non-hydrogen) atoms. The molecule has 3 amide bonds. The molecular formula is C38H44N6O6. The maximum atomic E-state index is 13.4. The topological polar surface area (TPSA) is 125 Å². The Morgan fingerprint density at radius 3 is 2.38 bits per heavy atom. The van der Waals surface area contributed by atoms with Crippen LogP contribution in [0, 0.1) is 5.41 Å². The fourth-order valence-corrected chi connectivity index (χ4v) is 8.65. The lowest BCUT2D eigenvalue weighted by atomic mass is 9.71. The molecular weight excluding hydrogens is 636 g/mol. The largest absolute Gasteiger partial charge is 0.496 e. The van der Waals surface area contributed by atoms with E-state index in [0.717, 1.165) is 110 Å². The first kappa shape index (κ1) is 32.4. The molecule has 3 fully saturated rings. The number of hydrogen-bond donors (Lipinski definition) is 2. The van der Waals surface area contributed by atoms with Gasteiger partial charge in [-0.2, -0.15) is 0 Å². The molecule has 0 aliphatic carbocycles. The number of hydrogen-bond acceptors (Lipinski definition) is 9. The highest BCUT2D eigenvalue weighted by Crippen LogP contribution is 2.45. The van der Waals surface area contributed by atoms with E-state index in [0.29, 0.717) is 24.2 Å². The number of methoxy groups -OCH3 is 2. The molecule has 1 atom stereocenters. The van der Waals surface area contributed by atoms with Crippen molar-refractivity contribution in [2.75, 3.05) is 57.2 Å². The van der Waals surface area contributed by atoms with E-state index in [-0.39, 0.29) is 35.1 Å². The number of likely N-dealkylation sites (tertiary alicyclic amines) is 1. The number of nitrogens with zero attached hydrogens (tertiary/aromatic N) is 4. The van der Waals surface area contributed by atoms with Gasteiger partial charge in [0.15, 0.2) is 0 Å². The standard InChI is InChI=1S/C38H44N6O6/c1-41-19-28(26-5-4-12-39-34(26)37(41)48)24-15-31(49-2)29(32(16-24)50-3)20-42-13-10-38(11-14-42)21-43(22-38)25-7-6-23-18-44(36(47)27(23)17-25)30-8-9-33(45)40-35(30)46/h6-7,15-17,19,30,39H,4-5,8-14,18,20-22H2,1-3H3,(H,40,45,46). The SMILES string of the molecule is COc1cc(-c2cn(C)c(=O)c3c2CCCN3)cc(OC)c1CN1CCC2(CC1)CN(c1ccc3c(c1)C(=O)N(C1CCC(=O)NC1=O)C3)C2. The van der Waals surface area contributed by atoms with Crippen molar-refractivity contribution in [3.05, 3.63) is 69.1 Å². The van der Waals surface area contributed by atoms with Gasteiger partial charge in [-0.3, -0.25) is 29.4 Å². The lowest BCUT2D eigenvalue weighted by molar-refractivity contribution is -0.136. The van der Waals surface area contributed by atoms with Crippen molar-refractivity contribution in [2.24, 2.45) is 12.5 Å². The van der Waals surface area contributed by atoms with Gasteiger partial charge in [-0.15, -0.1) is 0 Å². The van der Waals surface area contributed by atoms with Crippen LogP contribution in [0.2, 0.25) is 0 Å². The van der Waals surface area contributed by atoms with Gasteiger partial charge in [0.05, 0.1) is 19.8 Å². The summed E-state index contributed by atoms with van der Waals surface area (Å²) in [7, 11) is 5.20. The number of ether oxygens (including phenoxy) is 2. The number of fused-ring (bicyclic) bond motifs is 2. The van der Waals surface area contributed by atoms with Crippen molar-refractivity contribution in [1.82, 2.24) is 19.7 Å². The summed E-state index contributed by atoms with van der Waals surface area (Å²) < 4.78 is 13.6. The maximum absolute atomic E-state index is 13.4. The van der Waals surface area contributed by atoms with Gasteiger partial charge in [-0.1, -0.05) is 6.07 Å². The third-order valence-electron chi connectivity index (χ3n) is 11.5. The Balaban J connectivity index is 0.923. The van der Waals surface area contributed by atoms with E-state index >= 15 is 0 Å². The molecule has 5 aliphatic rings. The van der Waals surface area contributed by atoms with Crippen molar-refractivity contribution < 1.29 is 23.9 Å². The lowest BCUT2D eigenvalue weighted by Crippen LogP contribution is -2.60. The van der Waals surface area contributed by atoms with Gasteiger partial charge in [-0.25, -0.2) is 0 Å². The first-order valence-electron chi connectivity index (χ1n) is 17.6. The summed E-state index contributed by atoms with van der Waals surface area (Å²) in [5.74, 6) is 0.763. The highest BCUT2D eigenvalue weighted by molar-refractivity contribution is 6.05. The van der Waals surface area contributed by atoms with Crippen LogP contribution in [0.3, 0.4) is 0 Å². The smallest absolute Gasteiger partial charge is 0.273 e. The predicted octanol–water partition coefficient (Wildman–Crippen LogP) is 3.29. The van der Waals surface area contributed by atoms with Gasteiger partial charge < -0.3 is 29.2 Å². The molecule has 2 aromatic carbocycles. The zero-order valence-corrected chi connectivity index (χ0v) is 29.0. The number of carbonyl (C=O) groups excluding carboxylic acids is 3. The van der Waals surface area contributed by atoms with Gasteiger partial charge in [-0.05, 0) is 86.1 Å². The number of anilines is 2. The van der Waals surface area contributed by atoms with Crippen LogP contribution in [-0.4, -0.2) is 85.1 Å². The Labute approximate surface area is 291 Å². The summed E-state index contributed by atoms with van der Waals surface area (Å²) in [5.41, 5.74) is 7.62. The lowest BCUT2D eigenvalue weighted by Gasteiger charge is -2.55. The summed E-state index contributed by atoms with van der Waals surface area (Å²) in [6.45, 7) is 5.74. The number of pyridine rings is 1. The molecule has 6 heterocycles. The number of amides is 3. The quantitative estimate of drug-likeness (QED) is 0.362. The van der Waals surface area contributed by atoms with E-state index in [1.807, 2.05) is 18.3 Å². The molecule has 1 spiro atoms. The van der Waals surface area contributed by atoms with E-state index in [1.165, 1.54) is 0 Å². The summed E-state index contributed by atoms with van der Waals surface area (Å²) in [6.07, 6.45) is 6.52. The van der Waals surface area contributed by atoms with E-state index in [4.69, 9.17) is 9.47 Å². The number of imide groups is 1. The van der Waals surface area contributed by atoms with Crippen molar-refractivity contribution in [3.63, 3.8) is 0 Å². The van der Waals surface area contributed by atoms with E-state index < -0.39 is 6.04 Å². The van der Waals surface area contributed by atoms with Crippen LogP contribution in [0.5, 0.6) is 11.5 Å². The fourth-order valence-electron chi connectivity index (χ4n) is 8.65. The molecule has 2 N–H and O–H groups in total. The molecule has 5 aliphatic heterocycles. The Hall–Kier alpha value is -4.84. The summed E-state index contributed by atoms with van der Waals surface area (Å²) in [6, 6.07) is 9.63. The Morgan fingerprint density at radius 1 is 0.940 bits per heavy atom. The molecule has 12 heteroatoms. The van der Waals surface area contributed by atoms with Crippen molar-refractivity contribution in [2.45, 2.75) is 57.7 Å². The zero-order chi connectivity index (χ0) is 34.7. The van der Waals surface area contributed by atoms with Gasteiger partial charge in [0.2, 0.25) is 11.8 Å². The van der Waals surface area contributed by atoms with Crippen molar-refractivity contribution in [1.29, 1.82) is 0 Å². The number of aromatic nitrogens is 1. The summed E-state index contributed by atoms with van der Waals surface area (Å²) in [4.78, 5) is 56.7. The van der Waals surface area contributed by atoms with Crippen LogP contribution in [0.25, 0.3) is 11.1 Å². The van der Waals surface area contributed by atoms with Gasteiger partial charge in [0.1, 0.15) is 23.2 Å². The second kappa shape index (κ2) is 12.5. The second-order valence-corrected chi connectivity index (χ2v) is 14.6. The average molecular weight is 681 g/mol. The number of benzene rings is 2. The van der Waals surface area contributed by atoms with Gasteiger partial charge >= 0.3 is 0 Å². The predicted molar refractivity (Wildman–Crippen MR) is 189 cm³/mol. The average Bonchev–Trinajstić information content (AvgIpc) is 3.44. The number of piperidine rings is 2. The number of aryl methyl sites for hydroxylation is 1. The third-order valence-corrected chi connectivity index (χ3v) is 11.5. The van der Waals surface area contributed by atoms with Crippen LogP contribution in [-0.2, 0) is 36.1 Å². The number of rotatable bonds is 7. The van der Waals surface area contributed by atoms with Crippen LogP contribution in [0.15, 0.2) is 41.3 Å². The maximum Gasteiger partial charge on any atom is 0.273 e. The third kappa shape index (κ3) is 5.49. The van der Waals surface area contributed by atoms with Crippen LogP contribution in [0.1, 0.15) is 59.2 Å². The molecule has 0 bridgehead atoms. The van der Waals surface area contributed by atoms with E-state index in [9.17, 15) is 19.2 Å². The van der Waals surface area contributed by atoms with Gasteiger partial charge in [0.25, 0.3) is 11.5 Å². The highest BCUT2D eigenvalue weighted by atomic mass is 16.5. The minimum Gasteiger partial charge on any atom is -0.496 e. The second-order valence-electron chi connectivity index (χ2n) is 14.6. The number of carbonyl (C=O) groups is 3. The molecule has 12 nitrogen and oxygen atoms in total. The summed E-state index contributed by atoms with van der Waals surface area (Å²) in [5, 5.41) is 5.69. The first-order chi connectivity index (χ1) is 24.2. The molecule has 8 rings (SSSR count). The zero-order valence-electron chi connectivity index (χ0n) is 29.0. The first-order valence-corrected chi connectivity index (χ1v) is 17.6. The molecule has 3 aromatic rings. The monoisotopic (exact) mass is 680 g/mol. The Kier molecular flexibility index (Phi) is 8.08. The van der Waals surface area contributed by atoms with E-state index in [2.05, 4.69) is 38.6 Å². The molecule has 1 unspecified atom stereocenters. The normalized spacial score (nSPS) is 21.3. The Bertz CT molecular complexity index is 1930. The minimum atomic E-state index is -0.602. The fraction of sp³-hybridized carbons (Fsp3) is 0.474. The summed E-state index contributed by atoms with van der Waals surface area (Å²) >= 11 is 0. The van der Waals surface area contributed by atoms with Crippen molar-refractivity contribution in [3.8, 4) is 22.6 Å². The molecule has 3 saturated heterocycles. The Morgan fingerprint density at radius 2 is 1.68 bits per heavy atom. The molecule has 0 saturated carbocycles. The van der Waals surface area contributed by atoms with E-state index in [1.54, 1.807) is 30.7 Å².